The summed E-state index contributed by atoms with van der Waals surface area (Å²) in [5.41, 5.74) is 3.05. The molecule has 0 aromatic heterocycles. The van der Waals surface area contributed by atoms with Gasteiger partial charge in [0.15, 0.2) is 0 Å². The predicted molar refractivity (Wildman–Crippen MR) is 111 cm³/mol. The van der Waals surface area contributed by atoms with Gasteiger partial charge < -0.3 is 0 Å². The molecule has 0 bridgehead atoms. The fourth-order valence-electron chi connectivity index (χ4n) is 4.78. The van der Waals surface area contributed by atoms with E-state index in [0.717, 1.165) is 17.7 Å². The molecule has 3 aromatic carbocycles. The van der Waals surface area contributed by atoms with Crippen LogP contribution in [0.25, 0.3) is 0 Å². The molecule has 0 unspecified atom stereocenters. The highest BCUT2D eigenvalue weighted by Crippen LogP contribution is 2.60. The Morgan fingerprint density at radius 2 is 1.52 bits per heavy atom. The highest BCUT2D eigenvalue weighted by Gasteiger charge is 2.63. The summed E-state index contributed by atoms with van der Waals surface area (Å²) < 4.78 is 0. The maximum atomic E-state index is 13.5. The largest absolute Gasteiger partial charge is 0.299 e. The average Bonchev–Trinajstić information content (AvgIpc) is 2.81. The first-order chi connectivity index (χ1) is 13.2. The summed E-state index contributed by atoms with van der Waals surface area (Å²) in [5, 5.41) is 0.413. The zero-order valence-electron chi connectivity index (χ0n) is 15.2. The van der Waals surface area contributed by atoms with Crippen LogP contribution < -0.4 is 4.90 Å². The van der Waals surface area contributed by atoms with Crippen LogP contribution in [0.1, 0.15) is 30.4 Å². The minimum absolute atomic E-state index is 0.143. The number of thioether (sulfide) groups is 1. The summed E-state index contributed by atoms with van der Waals surface area (Å²) in [6.45, 7) is 2.28. The summed E-state index contributed by atoms with van der Waals surface area (Å²) in [6.07, 6.45) is 0.932. The topological polar surface area (TPSA) is 20.3 Å². The number of amides is 1. The molecule has 2 heterocycles. The lowest BCUT2D eigenvalue weighted by molar-refractivity contribution is -0.131. The summed E-state index contributed by atoms with van der Waals surface area (Å²) in [6, 6.07) is 29.2. The number of fused-ring (bicyclic) bond motifs is 3. The zero-order valence-corrected chi connectivity index (χ0v) is 16.0. The van der Waals surface area contributed by atoms with Gasteiger partial charge in [-0.3, -0.25) is 9.69 Å². The number of carbonyl (C=O) groups is 1. The van der Waals surface area contributed by atoms with Crippen LogP contribution >= 0.6 is 11.8 Å². The van der Waals surface area contributed by atoms with Crippen LogP contribution in [0.15, 0.2) is 89.8 Å². The van der Waals surface area contributed by atoms with Crippen molar-refractivity contribution in [2.45, 2.75) is 34.9 Å². The molecule has 0 N–H and O–H groups in total. The van der Waals surface area contributed by atoms with Gasteiger partial charge in [0.2, 0.25) is 5.91 Å². The van der Waals surface area contributed by atoms with Gasteiger partial charge >= 0.3 is 0 Å². The molecule has 0 spiro atoms. The molecule has 3 aromatic rings. The van der Waals surface area contributed by atoms with Gasteiger partial charge in [-0.2, -0.15) is 0 Å². The smallest absolute Gasteiger partial charge is 0.238 e. The molecule has 2 aliphatic heterocycles. The maximum Gasteiger partial charge on any atom is 0.238 e. The van der Waals surface area contributed by atoms with Crippen molar-refractivity contribution < 1.29 is 4.79 Å². The van der Waals surface area contributed by atoms with Gasteiger partial charge in [-0.1, -0.05) is 79.7 Å². The van der Waals surface area contributed by atoms with Crippen molar-refractivity contribution in [1.29, 1.82) is 0 Å². The van der Waals surface area contributed by atoms with Gasteiger partial charge in [-0.15, -0.1) is 11.8 Å². The van der Waals surface area contributed by atoms with Crippen molar-refractivity contribution >= 4 is 23.4 Å². The number of hydrogen-bond donors (Lipinski definition) is 0. The second-order valence-electron chi connectivity index (χ2n) is 7.41. The molecule has 0 saturated carbocycles. The number of β-lactam (4-membered cyclic amide) rings is 1. The SMILES string of the molecule is C[C@@H]1C[C@@]2(c3ccccc3)[C@H](c3ccccc3)C(=O)N2c2ccccc2S1. The Kier molecular flexibility index (Phi) is 3.87. The zero-order chi connectivity index (χ0) is 18.4. The Morgan fingerprint density at radius 3 is 2.26 bits per heavy atom. The lowest BCUT2D eigenvalue weighted by Gasteiger charge is -2.58. The molecule has 27 heavy (non-hydrogen) atoms. The van der Waals surface area contributed by atoms with Gasteiger partial charge in [0.1, 0.15) is 0 Å². The average molecular weight is 372 g/mol. The van der Waals surface area contributed by atoms with E-state index < -0.39 is 0 Å². The van der Waals surface area contributed by atoms with Crippen LogP contribution in [0.2, 0.25) is 0 Å². The maximum absolute atomic E-state index is 13.5. The van der Waals surface area contributed by atoms with Gasteiger partial charge in [-0.25, -0.2) is 0 Å². The Balaban J connectivity index is 1.77. The van der Waals surface area contributed by atoms with Crippen molar-refractivity contribution in [3.05, 3.63) is 96.1 Å². The number of rotatable bonds is 2. The summed E-state index contributed by atoms with van der Waals surface area (Å²) in [5.74, 6) is 0.0579. The normalized spacial score (nSPS) is 26.6. The van der Waals surface area contributed by atoms with E-state index >= 15 is 0 Å². The molecule has 2 nitrogen and oxygen atoms in total. The predicted octanol–water partition coefficient (Wildman–Crippen LogP) is 5.60. The third-order valence-corrected chi connectivity index (χ3v) is 6.95. The van der Waals surface area contributed by atoms with Crippen molar-refractivity contribution in [1.82, 2.24) is 0 Å². The van der Waals surface area contributed by atoms with E-state index in [1.807, 2.05) is 42.1 Å². The highest BCUT2D eigenvalue weighted by molar-refractivity contribution is 8.00. The first-order valence-electron chi connectivity index (χ1n) is 9.42. The van der Waals surface area contributed by atoms with Crippen LogP contribution in [0.5, 0.6) is 0 Å². The van der Waals surface area contributed by atoms with E-state index in [4.69, 9.17) is 0 Å². The van der Waals surface area contributed by atoms with Crippen LogP contribution in [0, 0.1) is 0 Å². The number of hydrogen-bond acceptors (Lipinski definition) is 2. The Hall–Kier alpha value is -2.52. The molecular weight excluding hydrogens is 350 g/mol. The van der Waals surface area contributed by atoms with Gasteiger partial charge in [0.25, 0.3) is 0 Å². The number of nitrogens with zero attached hydrogens (tertiary/aromatic N) is 1. The number of para-hydroxylation sites is 1. The number of benzene rings is 3. The van der Waals surface area contributed by atoms with Gasteiger partial charge in [0.05, 0.1) is 17.1 Å². The third-order valence-electron chi connectivity index (χ3n) is 5.78. The molecule has 5 rings (SSSR count). The van der Waals surface area contributed by atoms with Crippen molar-refractivity contribution in [2.24, 2.45) is 0 Å². The highest BCUT2D eigenvalue weighted by atomic mass is 32.2. The van der Waals surface area contributed by atoms with Crippen LogP contribution in [-0.2, 0) is 10.3 Å². The molecular formula is C24H21NOS. The Bertz CT molecular complexity index is 988. The van der Waals surface area contributed by atoms with E-state index in [-0.39, 0.29) is 17.4 Å². The second-order valence-corrected chi connectivity index (χ2v) is 8.89. The minimum atomic E-state index is -0.335. The molecule has 0 aliphatic carbocycles. The van der Waals surface area contributed by atoms with Crippen molar-refractivity contribution in [2.75, 3.05) is 4.90 Å². The van der Waals surface area contributed by atoms with Gasteiger partial charge in [0, 0.05) is 10.1 Å². The van der Waals surface area contributed by atoms with E-state index in [2.05, 4.69) is 66.4 Å². The van der Waals surface area contributed by atoms with E-state index in [9.17, 15) is 4.79 Å². The minimum Gasteiger partial charge on any atom is -0.299 e. The Labute approximate surface area is 164 Å². The third kappa shape index (κ3) is 2.38. The second kappa shape index (κ2) is 6.28. The van der Waals surface area contributed by atoms with Crippen LogP contribution in [-0.4, -0.2) is 11.2 Å². The summed E-state index contributed by atoms with van der Waals surface area (Å²) >= 11 is 1.88. The quantitative estimate of drug-likeness (QED) is 0.547. The van der Waals surface area contributed by atoms with E-state index in [0.29, 0.717) is 5.25 Å². The first kappa shape index (κ1) is 16.6. The molecule has 3 heteroatoms. The first-order valence-corrected chi connectivity index (χ1v) is 10.3. The molecule has 1 saturated heterocycles. The summed E-state index contributed by atoms with van der Waals surface area (Å²) in [7, 11) is 0. The van der Waals surface area contributed by atoms with Crippen molar-refractivity contribution in [3.8, 4) is 0 Å². The molecule has 0 radical (unpaired) electrons. The van der Waals surface area contributed by atoms with Crippen LogP contribution in [0.4, 0.5) is 5.69 Å². The Morgan fingerprint density at radius 1 is 0.889 bits per heavy atom. The lowest BCUT2D eigenvalue weighted by atomic mass is 9.63. The van der Waals surface area contributed by atoms with E-state index in [1.54, 1.807) is 0 Å². The fourth-order valence-corrected chi connectivity index (χ4v) is 5.99. The van der Waals surface area contributed by atoms with Crippen molar-refractivity contribution in [3.63, 3.8) is 0 Å². The standard InChI is InChI=1S/C24H21NOS/c1-17-16-24(19-12-6-3-7-13-19)22(18-10-4-2-5-11-18)23(26)25(24)20-14-8-9-15-21(20)27-17/h2-15,17,22H,16H2,1H3/t17-,22-,24-/m1/s1. The van der Waals surface area contributed by atoms with E-state index in [1.165, 1.54) is 10.5 Å². The molecule has 3 atom stereocenters. The fraction of sp³-hybridized carbons (Fsp3) is 0.208. The summed E-state index contributed by atoms with van der Waals surface area (Å²) in [4.78, 5) is 16.8. The number of carbonyl (C=O) groups excluding carboxylic acids is 1. The van der Waals surface area contributed by atoms with Crippen LogP contribution in [0.3, 0.4) is 0 Å². The molecule has 134 valence electrons. The monoisotopic (exact) mass is 371 g/mol. The molecule has 1 fully saturated rings. The molecule has 2 aliphatic rings. The van der Waals surface area contributed by atoms with Gasteiger partial charge in [-0.05, 0) is 29.7 Å². The lowest BCUT2D eigenvalue weighted by Crippen LogP contribution is -2.68. The molecule has 1 amide bonds. The number of anilines is 1.